The average Bonchev–Trinajstić information content (AvgIpc) is 2.79. The summed E-state index contributed by atoms with van der Waals surface area (Å²) in [6.45, 7) is 4.38. The van der Waals surface area contributed by atoms with Crippen LogP contribution in [0.3, 0.4) is 0 Å². The predicted molar refractivity (Wildman–Crippen MR) is 97.2 cm³/mol. The summed E-state index contributed by atoms with van der Waals surface area (Å²) in [6, 6.07) is 17.3. The van der Waals surface area contributed by atoms with Gasteiger partial charge in [0.1, 0.15) is 0 Å². The SMILES string of the molecule is Cc1ccc(C)c(C(=O)N2Cc3cccnc3Oc3ccccc32)c1. The van der Waals surface area contributed by atoms with Gasteiger partial charge in [-0.1, -0.05) is 35.9 Å². The fourth-order valence-corrected chi connectivity index (χ4v) is 3.06. The fourth-order valence-electron chi connectivity index (χ4n) is 3.06. The molecule has 0 aliphatic carbocycles. The van der Waals surface area contributed by atoms with Gasteiger partial charge in [-0.2, -0.15) is 0 Å². The minimum absolute atomic E-state index is 0.0334. The third kappa shape index (κ3) is 2.76. The van der Waals surface area contributed by atoms with Crippen LogP contribution in [0.15, 0.2) is 60.8 Å². The zero-order valence-corrected chi connectivity index (χ0v) is 14.2. The lowest BCUT2D eigenvalue weighted by Gasteiger charge is -2.23. The molecule has 1 aliphatic heterocycles. The summed E-state index contributed by atoms with van der Waals surface area (Å²) in [5, 5.41) is 0. The second-order valence-corrected chi connectivity index (χ2v) is 6.25. The Balaban J connectivity index is 1.85. The molecule has 3 aromatic rings. The van der Waals surface area contributed by atoms with Crippen LogP contribution in [0.4, 0.5) is 5.69 Å². The van der Waals surface area contributed by atoms with Gasteiger partial charge in [0.15, 0.2) is 5.75 Å². The topological polar surface area (TPSA) is 42.4 Å². The van der Waals surface area contributed by atoms with Gasteiger partial charge in [-0.05, 0) is 43.7 Å². The Labute approximate surface area is 146 Å². The van der Waals surface area contributed by atoms with Crippen LogP contribution in [0, 0.1) is 13.8 Å². The number of aryl methyl sites for hydroxylation is 2. The number of hydrogen-bond donors (Lipinski definition) is 0. The third-order valence-corrected chi connectivity index (χ3v) is 4.41. The number of carbonyl (C=O) groups excluding carboxylic acids is 1. The molecule has 25 heavy (non-hydrogen) atoms. The Kier molecular flexibility index (Phi) is 3.73. The van der Waals surface area contributed by atoms with Gasteiger partial charge < -0.3 is 9.64 Å². The van der Waals surface area contributed by atoms with E-state index in [9.17, 15) is 4.79 Å². The van der Waals surface area contributed by atoms with Crippen molar-refractivity contribution in [2.45, 2.75) is 20.4 Å². The van der Waals surface area contributed by atoms with E-state index in [0.29, 0.717) is 23.7 Å². The van der Waals surface area contributed by atoms with Crippen LogP contribution in [0.1, 0.15) is 27.0 Å². The van der Waals surface area contributed by atoms with E-state index in [1.807, 2.05) is 68.4 Å². The summed E-state index contributed by atoms with van der Waals surface area (Å²) in [5.41, 5.74) is 4.38. The first-order valence-corrected chi connectivity index (χ1v) is 8.23. The maximum absolute atomic E-state index is 13.3. The van der Waals surface area contributed by atoms with Gasteiger partial charge in [0.05, 0.1) is 12.2 Å². The van der Waals surface area contributed by atoms with E-state index in [1.165, 1.54) is 0 Å². The normalized spacial score (nSPS) is 12.6. The highest BCUT2D eigenvalue weighted by Gasteiger charge is 2.27. The molecule has 4 heteroatoms. The summed E-state index contributed by atoms with van der Waals surface area (Å²) >= 11 is 0. The standard InChI is InChI=1S/C21H18N2O2/c1-14-9-10-15(2)17(12-14)21(24)23-13-16-6-5-11-22-20(16)25-19-8-4-3-7-18(19)23/h3-12H,13H2,1-2H3. The number of hydrogen-bond acceptors (Lipinski definition) is 3. The number of amides is 1. The number of carbonyl (C=O) groups is 1. The molecule has 0 radical (unpaired) electrons. The van der Waals surface area contributed by atoms with Gasteiger partial charge >= 0.3 is 0 Å². The molecule has 1 aromatic heterocycles. The minimum atomic E-state index is -0.0334. The molecule has 0 spiro atoms. The van der Waals surface area contributed by atoms with Crippen molar-refractivity contribution >= 4 is 11.6 Å². The Bertz CT molecular complexity index is 966. The fraction of sp³-hybridized carbons (Fsp3) is 0.143. The number of ether oxygens (including phenoxy) is 1. The molecule has 0 fully saturated rings. The van der Waals surface area contributed by atoms with Crippen molar-refractivity contribution in [3.8, 4) is 11.6 Å². The zero-order valence-electron chi connectivity index (χ0n) is 14.2. The number of fused-ring (bicyclic) bond motifs is 2. The number of rotatable bonds is 1. The van der Waals surface area contributed by atoms with Gasteiger partial charge in [-0.25, -0.2) is 4.98 Å². The third-order valence-electron chi connectivity index (χ3n) is 4.41. The molecular weight excluding hydrogens is 312 g/mol. The van der Waals surface area contributed by atoms with E-state index in [-0.39, 0.29) is 5.91 Å². The highest BCUT2D eigenvalue weighted by Crippen LogP contribution is 2.38. The lowest BCUT2D eigenvalue weighted by atomic mass is 10.0. The molecule has 0 bridgehead atoms. The number of anilines is 1. The summed E-state index contributed by atoms with van der Waals surface area (Å²) in [7, 11) is 0. The van der Waals surface area contributed by atoms with Gasteiger partial charge in [0, 0.05) is 17.3 Å². The summed E-state index contributed by atoms with van der Waals surface area (Å²) in [4.78, 5) is 19.4. The Morgan fingerprint density at radius 3 is 2.80 bits per heavy atom. The molecule has 0 N–H and O–H groups in total. The molecule has 0 unspecified atom stereocenters. The highest BCUT2D eigenvalue weighted by atomic mass is 16.5. The molecule has 2 heterocycles. The largest absolute Gasteiger partial charge is 0.436 e. The molecule has 2 aromatic carbocycles. The van der Waals surface area contributed by atoms with Crippen molar-refractivity contribution in [2.75, 3.05) is 4.90 Å². The van der Waals surface area contributed by atoms with Gasteiger partial charge in [-0.15, -0.1) is 0 Å². The zero-order chi connectivity index (χ0) is 17.4. The minimum Gasteiger partial charge on any atom is -0.436 e. The summed E-state index contributed by atoms with van der Waals surface area (Å²) in [5.74, 6) is 1.15. The lowest BCUT2D eigenvalue weighted by molar-refractivity contribution is 0.0984. The second kappa shape index (κ2) is 6.06. The molecule has 4 rings (SSSR count). The first-order chi connectivity index (χ1) is 12.1. The lowest BCUT2D eigenvalue weighted by Crippen LogP contribution is -2.30. The number of aromatic nitrogens is 1. The highest BCUT2D eigenvalue weighted by molar-refractivity contribution is 6.08. The van der Waals surface area contributed by atoms with Crippen molar-refractivity contribution < 1.29 is 9.53 Å². The maximum atomic E-state index is 13.3. The van der Waals surface area contributed by atoms with Crippen LogP contribution < -0.4 is 9.64 Å². The van der Waals surface area contributed by atoms with E-state index in [0.717, 1.165) is 22.4 Å². The van der Waals surface area contributed by atoms with E-state index in [1.54, 1.807) is 11.1 Å². The summed E-state index contributed by atoms with van der Waals surface area (Å²) in [6.07, 6.45) is 1.70. The number of para-hydroxylation sites is 2. The van der Waals surface area contributed by atoms with Crippen LogP contribution in [0.2, 0.25) is 0 Å². The summed E-state index contributed by atoms with van der Waals surface area (Å²) < 4.78 is 5.97. The van der Waals surface area contributed by atoms with Gasteiger partial charge in [-0.3, -0.25) is 4.79 Å². The molecular formula is C21H18N2O2. The van der Waals surface area contributed by atoms with Crippen LogP contribution in [0.5, 0.6) is 11.6 Å². The van der Waals surface area contributed by atoms with Crippen molar-refractivity contribution in [1.82, 2.24) is 4.98 Å². The van der Waals surface area contributed by atoms with Gasteiger partial charge in [0.25, 0.3) is 5.91 Å². The average molecular weight is 330 g/mol. The van der Waals surface area contributed by atoms with E-state index >= 15 is 0 Å². The van der Waals surface area contributed by atoms with E-state index in [2.05, 4.69) is 4.98 Å². The monoisotopic (exact) mass is 330 g/mol. The first-order valence-electron chi connectivity index (χ1n) is 8.23. The van der Waals surface area contributed by atoms with Crippen LogP contribution in [-0.4, -0.2) is 10.9 Å². The van der Waals surface area contributed by atoms with Crippen molar-refractivity contribution in [3.05, 3.63) is 83.0 Å². The second-order valence-electron chi connectivity index (χ2n) is 6.25. The Morgan fingerprint density at radius 2 is 1.92 bits per heavy atom. The molecule has 0 saturated heterocycles. The Morgan fingerprint density at radius 1 is 1.08 bits per heavy atom. The first kappa shape index (κ1) is 15.4. The van der Waals surface area contributed by atoms with Crippen molar-refractivity contribution in [1.29, 1.82) is 0 Å². The van der Waals surface area contributed by atoms with Crippen LogP contribution in [0.25, 0.3) is 0 Å². The van der Waals surface area contributed by atoms with Crippen molar-refractivity contribution in [2.24, 2.45) is 0 Å². The van der Waals surface area contributed by atoms with Crippen LogP contribution in [-0.2, 0) is 6.54 Å². The number of nitrogens with zero attached hydrogens (tertiary/aromatic N) is 2. The maximum Gasteiger partial charge on any atom is 0.258 e. The van der Waals surface area contributed by atoms with Crippen LogP contribution >= 0.6 is 0 Å². The van der Waals surface area contributed by atoms with Gasteiger partial charge in [0.2, 0.25) is 5.88 Å². The predicted octanol–water partition coefficient (Wildman–Crippen LogP) is 4.65. The molecule has 0 atom stereocenters. The molecule has 124 valence electrons. The van der Waals surface area contributed by atoms with E-state index in [4.69, 9.17) is 4.74 Å². The quantitative estimate of drug-likeness (QED) is 0.652. The molecule has 1 aliphatic rings. The number of benzene rings is 2. The van der Waals surface area contributed by atoms with E-state index < -0.39 is 0 Å². The Hall–Kier alpha value is -3.14. The van der Waals surface area contributed by atoms with Crippen molar-refractivity contribution in [3.63, 3.8) is 0 Å². The molecule has 4 nitrogen and oxygen atoms in total. The molecule has 0 saturated carbocycles. The molecule has 1 amide bonds. The number of pyridine rings is 1. The smallest absolute Gasteiger partial charge is 0.258 e.